The van der Waals surface area contributed by atoms with Crippen molar-refractivity contribution in [3.63, 3.8) is 0 Å². The molecule has 3 rings (SSSR count). The summed E-state index contributed by atoms with van der Waals surface area (Å²) in [6, 6.07) is 5.84. The van der Waals surface area contributed by atoms with Crippen molar-refractivity contribution >= 4 is 23.5 Å². The van der Waals surface area contributed by atoms with Crippen molar-refractivity contribution in [3.8, 4) is 0 Å². The second kappa shape index (κ2) is 5.88. The number of hydrogen-bond acceptors (Lipinski definition) is 5. The van der Waals surface area contributed by atoms with Crippen molar-refractivity contribution < 1.29 is 19.1 Å². The van der Waals surface area contributed by atoms with Gasteiger partial charge in [-0.3, -0.25) is 9.59 Å². The highest BCUT2D eigenvalue weighted by Gasteiger charge is 2.40. The van der Waals surface area contributed by atoms with E-state index in [0.29, 0.717) is 17.2 Å². The van der Waals surface area contributed by atoms with E-state index in [-0.39, 0.29) is 18.2 Å². The molecule has 6 nitrogen and oxygen atoms in total. The summed E-state index contributed by atoms with van der Waals surface area (Å²) in [6.45, 7) is 0.790. The Hall–Kier alpha value is -2.21. The lowest BCUT2D eigenvalue weighted by molar-refractivity contribution is -0.121. The number of imide groups is 1. The number of methoxy groups -OCH3 is 1. The molecule has 116 valence electrons. The minimum absolute atomic E-state index is 0.185. The number of esters is 1. The maximum Gasteiger partial charge on any atom is 0.337 e. The largest absolute Gasteiger partial charge is 0.465 e. The number of amides is 2. The Morgan fingerprint density at radius 1 is 1.27 bits per heavy atom. The Balaban J connectivity index is 1.71. The van der Waals surface area contributed by atoms with Gasteiger partial charge in [0.2, 0.25) is 5.91 Å². The van der Waals surface area contributed by atoms with E-state index in [1.807, 2.05) is 0 Å². The second-order valence-corrected chi connectivity index (χ2v) is 5.71. The minimum Gasteiger partial charge on any atom is -0.465 e. The summed E-state index contributed by atoms with van der Waals surface area (Å²) in [7, 11) is 1.31. The highest BCUT2D eigenvalue weighted by molar-refractivity contribution is 6.22. The quantitative estimate of drug-likeness (QED) is 0.651. The summed E-state index contributed by atoms with van der Waals surface area (Å²) in [4.78, 5) is 37.1. The lowest BCUT2D eigenvalue weighted by Gasteiger charge is -2.15. The highest BCUT2D eigenvalue weighted by atomic mass is 16.5. The predicted molar refractivity (Wildman–Crippen MR) is 79.4 cm³/mol. The summed E-state index contributed by atoms with van der Waals surface area (Å²) in [5, 5.41) is 3.18. The van der Waals surface area contributed by atoms with Crippen LogP contribution in [0.5, 0.6) is 0 Å². The number of nitrogens with zero attached hydrogens (tertiary/aromatic N) is 1. The zero-order valence-corrected chi connectivity index (χ0v) is 12.4. The molecule has 2 amide bonds. The molecular formula is C16H18N2O4. The Kier molecular flexibility index (Phi) is 3.94. The first-order valence-electron chi connectivity index (χ1n) is 7.38. The monoisotopic (exact) mass is 302 g/mol. The molecule has 1 N–H and O–H groups in total. The van der Waals surface area contributed by atoms with Crippen LogP contribution in [0.25, 0.3) is 0 Å². The smallest absolute Gasteiger partial charge is 0.337 e. The van der Waals surface area contributed by atoms with Gasteiger partial charge in [-0.1, -0.05) is 0 Å². The van der Waals surface area contributed by atoms with Crippen molar-refractivity contribution in [2.75, 3.05) is 18.6 Å². The van der Waals surface area contributed by atoms with Gasteiger partial charge >= 0.3 is 5.97 Å². The van der Waals surface area contributed by atoms with Gasteiger partial charge in [-0.25, -0.2) is 9.69 Å². The van der Waals surface area contributed by atoms with Gasteiger partial charge in [-0.05, 0) is 49.6 Å². The fourth-order valence-corrected chi connectivity index (χ4v) is 2.56. The molecule has 2 fully saturated rings. The van der Waals surface area contributed by atoms with E-state index in [1.54, 1.807) is 24.3 Å². The summed E-state index contributed by atoms with van der Waals surface area (Å²) < 4.78 is 4.62. The topological polar surface area (TPSA) is 75.7 Å². The number of ether oxygens (including phenoxy) is 1. The van der Waals surface area contributed by atoms with Gasteiger partial charge in [0, 0.05) is 0 Å². The van der Waals surface area contributed by atoms with Gasteiger partial charge in [-0.2, -0.15) is 0 Å². The standard InChI is InChI=1S/C16H18N2O4/c1-22-16(21)11-4-6-12(7-5-11)18-14(19)8-13(15(18)20)17-9-10-2-3-10/h4-7,10,13,17H,2-3,8-9H2,1H3/t13-/m1/s1. The van der Waals surface area contributed by atoms with E-state index in [2.05, 4.69) is 10.1 Å². The molecule has 1 aromatic rings. The number of hydrogen-bond donors (Lipinski definition) is 1. The third-order valence-electron chi connectivity index (χ3n) is 4.04. The van der Waals surface area contributed by atoms with Gasteiger partial charge in [0.05, 0.1) is 30.8 Å². The van der Waals surface area contributed by atoms with Gasteiger partial charge in [0.1, 0.15) is 0 Å². The zero-order valence-electron chi connectivity index (χ0n) is 12.4. The van der Waals surface area contributed by atoms with Crippen LogP contribution in [0.3, 0.4) is 0 Å². The lowest BCUT2D eigenvalue weighted by atomic mass is 10.2. The fourth-order valence-electron chi connectivity index (χ4n) is 2.56. The van der Waals surface area contributed by atoms with Crippen molar-refractivity contribution in [2.24, 2.45) is 5.92 Å². The molecule has 0 bridgehead atoms. The molecule has 0 unspecified atom stereocenters. The molecule has 2 aliphatic rings. The molecule has 1 aromatic carbocycles. The van der Waals surface area contributed by atoms with Gasteiger partial charge in [0.15, 0.2) is 0 Å². The number of carbonyl (C=O) groups is 3. The second-order valence-electron chi connectivity index (χ2n) is 5.71. The molecule has 6 heteroatoms. The Labute approximate surface area is 128 Å². The van der Waals surface area contributed by atoms with Crippen LogP contribution in [0.1, 0.15) is 29.6 Å². The molecule has 0 aromatic heterocycles. The van der Waals surface area contributed by atoms with Crippen molar-refractivity contribution in [1.82, 2.24) is 5.32 Å². The van der Waals surface area contributed by atoms with E-state index < -0.39 is 12.0 Å². The van der Waals surface area contributed by atoms with Gasteiger partial charge < -0.3 is 10.1 Å². The van der Waals surface area contributed by atoms with Gasteiger partial charge in [-0.15, -0.1) is 0 Å². The summed E-state index contributed by atoms with van der Waals surface area (Å²) in [6.07, 6.45) is 2.57. The summed E-state index contributed by atoms with van der Waals surface area (Å²) in [5.74, 6) is -0.244. The first-order chi connectivity index (χ1) is 10.6. The van der Waals surface area contributed by atoms with Crippen LogP contribution in [-0.4, -0.2) is 37.5 Å². The van der Waals surface area contributed by atoms with E-state index in [4.69, 9.17) is 0 Å². The van der Waals surface area contributed by atoms with Crippen molar-refractivity contribution in [1.29, 1.82) is 0 Å². The average Bonchev–Trinajstić information content (AvgIpc) is 3.31. The average molecular weight is 302 g/mol. The van der Waals surface area contributed by atoms with E-state index in [0.717, 1.165) is 6.54 Å². The Bertz CT molecular complexity index is 607. The zero-order chi connectivity index (χ0) is 15.7. The first-order valence-corrected chi connectivity index (χ1v) is 7.38. The maximum atomic E-state index is 12.4. The molecular weight excluding hydrogens is 284 g/mol. The van der Waals surface area contributed by atoms with E-state index in [1.165, 1.54) is 24.9 Å². The summed E-state index contributed by atoms with van der Waals surface area (Å²) >= 11 is 0. The Morgan fingerprint density at radius 2 is 1.95 bits per heavy atom. The third kappa shape index (κ3) is 2.87. The number of carbonyl (C=O) groups excluding carboxylic acids is 3. The van der Waals surface area contributed by atoms with Crippen LogP contribution in [0.15, 0.2) is 24.3 Å². The fraction of sp³-hybridized carbons (Fsp3) is 0.438. The van der Waals surface area contributed by atoms with Crippen LogP contribution >= 0.6 is 0 Å². The van der Waals surface area contributed by atoms with Crippen LogP contribution in [0.4, 0.5) is 5.69 Å². The van der Waals surface area contributed by atoms with Crippen LogP contribution in [0.2, 0.25) is 0 Å². The molecule has 1 aliphatic heterocycles. The number of rotatable bonds is 5. The summed E-state index contributed by atoms with van der Waals surface area (Å²) in [5.41, 5.74) is 0.868. The molecule has 1 atom stereocenters. The van der Waals surface area contributed by atoms with E-state index in [9.17, 15) is 14.4 Å². The predicted octanol–water partition coefficient (Wildman–Crippen LogP) is 1.10. The number of anilines is 1. The molecule has 1 heterocycles. The Morgan fingerprint density at radius 3 is 2.55 bits per heavy atom. The van der Waals surface area contributed by atoms with Crippen molar-refractivity contribution in [3.05, 3.63) is 29.8 Å². The molecule has 22 heavy (non-hydrogen) atoms. The lowest BCUT2D eigenvalue weighted by Crippen LogP contribution is -2.39. The normalized spacial score (nSPS) is 21.3. The molecule has 1 saturated heterocycles. The highest BCUT2D eigenvalue weighted by Crippen LogP contribution is 2.29. The number of benzene rings is 1. The molecule has 1 saturated carbocycles. The van der Waals surface area contributed by atoms with Crippen molar-refractivity contribution in [2.45, 2.75) is 25.3 Å². The third-order valence-corrected chi connectivity index (χ3v) is 4.04. The van der Waals surface area contributed by atoms with E-state index >= 15 is 0 Å². The number of nitrogens with one attached hydrogen (secondary N) is 1. The molecule has 1 aliphatic carbocycles. The van der Waals surface area contributed by atoms with Crippen LogP contribution < -0.4 is 10.2 Å². The SMILES string of the molecule is COC(=O)c1ccc(N2C(=O)C[C@@H](NCC3CC3)C2=O)cc1. The van der Waals surface area contributed by atoms with Crippen LogP contribution in [-0.2, 0) is 14.3 Å². The molecule has 0 spiro atoms. The van der Waals surface area contributed by atoms with Gasteiger partial charge in [0.25, 0.3) is 5.91 Å². The first kappa shape index (κ1) is 14.7. The van der Waals surface area contributed by atoms with Crippen LogP contribution in [0, 0.1) is 5.92 Å². The maximum absolute atomic E-state index is 12.4. The molecule has 0 radical (unpaired) electrons. The minimum atomic E-state index is -0.449.